The molecule has 4 amide bonds. The quantitative estimate of drug-likeness (QED) is 0.111. The van der Waals surface area contributed by atoms with Gasteiger partial charge < -0.3 is 25.6 Å². The third kappa shape index (κ3) is 12.8. The van der Waals surface area contributed by atoms with E-state index in [1.54, 1.807) is 4.90 Å². The zero-order valence-corrected chi connectivity index (χ0v) is 34.6. The zero-order valence-electron chi connectivity index (χ0n) is 34.6. The largest absolute Gasteiger partial charge is 0.484 e. The predicted molar refractivity (Wildman–Crippen MR) is 233 cm³/mol. The normalized spacial score (nSPS) is 14.8. The number of aryl methyl sites for hydroxylation is 2. The molecular formula is C50H58N4O5. The Balaban J connectivity index is 0.992. The van der Waals surface area contributed by atoms with Gasteiger partial charge in [0.15, 0.2) is 6.61 Å². The molecule has 0 spiro atoms. The number of nitrogens with one attached hydrogen (secondary N) is 3. The predicted octanol–water partition coefficient (Wildman–Crippen LogP) is 8.38. The van der Waals surface area contributed by atoms with Gasteiger partial charge in [0.05, 0.1) is 18.3 Å². The van der Waals surface area contributed by atoms with Gasteiger partial charge in [0, 0.05) is 43.5 Å². The molecule has 1 atom stereocenters. The van der Waals surface area contributed by atoms with Crippen molar-refractivity contribution in [3.8, 4) is 17.6 Å². The van der Waals surface area contributed by atoms with Crippen LogP contribution >= 0.6 is 0 Å². The molecule has 9 heteroatoms. The molecule has 4 aromatic rings. The SMILES string of the molecule is Cc1ccc(C(NC(=O)CCC(=O)NCCC(=O)N2Cc3ccccc3C#Cc3ccccc32)c2ccc(OCC(=O)NCC3CCCCCCCCC3)cc2)c(C)c1. The lowest BCUT2D eigenvalue weighted by atomic mass is 9.92. The monoisotopic (exact) mass is 794 g/mol. The molecular weight excluding hydrogens is 737 g/mol. The lowest BCUT2D eigenvalue weighted by Gasteiger charge is -2.26. The number of amides is 4. The number of ether oxygens (including phenoxy) is 1. The van der Waals surface area contributed by atoms with Gasteiger partial charge in [0.1, 0.15) is 5.75 Å². The molecule has 1 aliphatic heterocycles. The number of carbonyl (C=O) groups excluding carboxylic acids is 4. The molecule has 2 aliphatic rings. The minimum Gasteiger partial charge on any atom is -0.484 e. The number of fused-ring (bicyclic) bond motifs is 2. The molecule has 308 valence electrons. The summed E-state index contributed by atoms with van der Waals surface area (Å²) in [6.07, 6.45) is 11.4. The van der Waals surface area contributed by atoms with Crippen molar-refractivity contribution in [3.63, 3.8) is 0 Å². The summed E-state index contributed by atoms with van der Waals surface area (Å²) in [6, 6.07) is 28.5. The van der Waals surface area contributed by atoms with Gasteiger partial charge in [-0.2, -0.15) is 0 Å². The summed E-state index contributed by atoms with van der Waals surface area (Å²) < 4.78 is 5.86. The summed E-state index contributed by atoms with van der Waals surface area (Å²) in [7, 11) is 0. The second-order valence-electron chi connectivity index (χ2n) is 15.9. The molecule has 1 heterocycles. The molecule has 1 aliphatic carbocycles. The van der Waals surface area contributed by atoms with E-state index >= 15 is 0 Å². The van der Waals surface area contributed by atoms with Gasteiger partial charge in [-0.1, -0.05) is 123 Å². The van der Waals surface area contributed by atoms with Crippen molar-refractivity contribution in [1.29, 1.82) is 0 Å². The van der Waals surface area contributed by atoms with Crippen molar-refractivity contribution in [3.05, 3.63) is 130 Å². The van der Waals surface area contributed by atoms with Gasteiger partial charge in [-0.25, -0.2) is 0 Å². The van der Waals surface area contributed by atoms with Gasteiger partial charge in [0.2, 0.25) is 17.7 Å². The highest BCUT2D eigenvalue weighted by Crippen LogP contribution is 2.29. The fraction of sp³-hybridized carbons (Fsp3) is 0.400. The van der Waals surface area contributed by atoms with Crippen LogP contribution in [-0.4, -0.2) is 43.3 Å². The second-order valence-corrected chi connectivity index (χ2v) is 15.9. The molecule has 1 unspecified atom stereocenters. The summed E-state index contributed by atoms with van der Waals surface area (Å²) in [5.41, 5.74) is 7.29. The molecule has 0 aromatic heterocycles. The lowest BCUT2D eigenvalue weighted by molar-refractivity contribution is -0.127. The molecule has 0 radical (unpaired) electrons. The Labute approximate surface area is 349 Å². The van der Waals surface area contributed by atoms with Crippen LogP contribution in [0.25, 0.3) is 0 Å². The molecule has 1 fully saturated rings. The number of benzene rings is 4. The first kappa shape index (κ1) is 42.7. The molecule has 9 nitrogen and oxygen atoms in total. The van der Waals surface area contributed by atoms with Crippen LogP contribution in [0, 0.1) is 31.6 Å². The van der Waals surface area contributed by atoms with Gasteiger partial charge >= 0.3 is 0 Å². The van der Waals surface area contributed by atoms with Crippen molar-refractivity contribution in [2.45, 2.75) is 103 Å². The van der Waals surface area contributed by atoms with E-state index < -0.39 is 6.04 Å². The maximum atomic E-state index is 13.6. The first-order valence-electron chi connectivity index (χ1n) is 21.4. The van der Waals surface area contributed by atoms with Crippen molar-refractivity contribution in [1.82, 2.24) is 16.0 Å². The summed E-state index contributed by atoms with van der Waals surface area (Å²) in [4.78, 5) is 54.3. The second kappa shape index (κ2) is 21.8. The highest BCUT2D eigenvalue weighted by atomic mass is 16.5. The van der Waals surface area contributed by atoms with Crippen LogP contribution in [0.4, 0.5) is 5.69 Å². The van der Waals surface area contributed by atoms with Crippen molar-refractivity contribution in [2.75, 3.05) is 24.6 Å². The Kier molecular flexibility index (Phi) is 15.8. The summed E-state index contributed by atoms with van der Waals surface area (Å²) in [5, 5.41) is 9.07. The third-order valence-electron chi connectivity index (χ3n) is 11.4. The van der Waals surface area contributed by atoms with Crippen molar-refractivity contribution < 1.29 is 23.9 Å². The number of para-hydroxylation sites is 1. The number of hydrogen-bond donors (Lipinski definition) is 3. The van der Waals surface area contributed by atoms with Crippen LogP contribution in [-0.2, 0) is 25.7 Å². The first-order chi connectivity index (χ1) is 28.7. The maximum Gasteiger partial charge on any atom is 0.257 e. The Morgan fingerprint density at radius 1 is 0.712 bits per heavy atom. The topological polar surface area (TPSA) is 117 Å². The van der Waals surface area contributed by atoms with E-state index in [2.05, 4.69) is 33.9 Å². The van der Waals surface area contributed by atoms with E-state index in [9.17, 15) is 19.2 Å². The molecule has 0 saturated heterocycles. The van der Waals surface area contributed by atoms with E-state index in [1.165, 1.54) is 57.8 Å². The van der Waals surface area contributed by atoms with Crippen LogP contribution in [0.15, 0.2) is 91.0 Å². The zero-order chi connectivity index (χ0) is 41.4. The fourth-order valence-corrected chi connectivity index (χ4v) is 8.00. The highest BCUT2D eigenvalue weighted by Gasteiger charge is 2.23. The van der Waals surface area contributed by atoms with E-state index in [-0.39, 0.29) is 56.0 Å². The average Bonchev–Trinajstić information content (AvgIpc) is 3.24. The van der Waals surface area contributed by atoms with Gasteiger partial charge in [-0.05, 0) is 85.2 Å². The van der Waals surface area contributed by atoms with Crippen LogP contribution in [0.3, 0.4) is 0 Å². The lowest BCUT2D eigenvalue weighted by Crippen LogP contribution is -2.35. The minimum absolute atomic E-state index is 0.0205. The minimum atomic E-state index is -0.464. The van der Waals surface area contributed by atoms with Crippen LogP contribution in [0.2, 0.25) is 0 Å². The third-order valence-corrected chi connectivity index (χ3v) is 11.4. The van der Waals surface area contributed by atoms with E-state index in [0.717, 1.165) is 44.6 Å². The first-order valence-corrected chi connectivity index (χ1v) is 21.4. The van der Waals surface area contributed by atoms with Gasteiger partial charge in [0.25, 0.3) is 5.91 Å². The van der Waals surface area contributed by atoms with E-state index in [1.807, 2.05) is 98.8 Å². The number of rotatable bonds is 14. The Hall–Kier alpha value is -5.88. The number of carbonyl (C=O) groups is 4. The number of nitrogens with zero attached hydrogens (tertiary/aromatic N) is 1. The molecule has 59 heavy (non-hydrogen) atoms. The van der Waals surface area contributed by atoms with Crippen molar-refractivity contribution in [2.24, 2.45) is 5.92 Å². The van der Waals surface area contributed by atoms with Crippen LogP contribution in [0.1, 0.15) is 122 Å². The number of hydrogen-bond acceptors (Lipinski definition) is 5. The fourth-order valence-electron chi connectivity index (χ4n) is 8.00. The van der Waals surface area contributed by atoms with Gasteiger partial charge in [-0.3, -0.25) is 19.2 Å². The summed E-state index contributed by atoms with van der Waals surface area (Å²) in [5.74, 6) is 6.69. The highest BCUT2D eigenvalue weighted by molar-refractivity contribution is 5.95. The molecule has 1 saturated carbocycles. The Morgan fingerprint density at radius 3 is 2.12 bits per heavy atom. The average molecular weight is 795 g/mol. The molecule has 6 rings (SSSR count). The molecule has 3 N–H and O–H groups in total. The molecule has 4 aromatic carbocycles. The van der Waals surface area contributed by atoms with Crippen LogP contribution in [0.5, 0.6) is 5.75 Å². The summed E-state index contributed by atoms with van der Waals surface area (Å²) >= 11 is 0. The Morgan fingerprint density at radius 2 is 1.37 bits per heavy atom. The van der Waals surface area contributed by atoms with Crippen molar-refractivity contribution >= 4 is 29.3 Å². The van der Waals surface area contributed by atoms with E-state index in [0.29, 0.717) is 24.8 Å². The number of anilines is 1. The summed E-state index contributed by atoms with van der Waals surface area (Å²) in [6.45, 7) is 5.21. The van der Waals surface area contributed by atoms with Gasteiger partial charge in [-0.15, -0.1) is 0 Å². The maximum absolute atomic E-state index is 13.6. The Bertz CT molecular complexity index is 2120. The molecule has 0 bridgehead atoms. The van der Waals surface area contributed by atoms with E-state index in [4.69, 9.17) is 4.74 Å². The standard InChI is InChI=1S/C50H58N4O5/c1-36-20-27-44(37(2)32-36)50(41-23-25-43(26-24-41)59-35-48(57)52-33-38-14-8-6-4-3-5-7-9-15-38)53-47(56)29-28-46(55)51-31-30-49(58)54-34-42-18-11-10-16-39(42)21-22-40-17-12-13-19-45(40)54/h10-13,16-20,23-27,32,38,50H,3-9,14-15,28-31,33-35H2,1-2H3,(H,51,55)(H,52,57)(H,53,56). The van der Waals surface area contributed by atoms with Crippen LogP contribution < -0.4 is 25.6 Å². The smallest absolute Gasteiger partial charge is 0.257 e.